The molecule has 8 heteroatoms. The second kappa shape index (κ2) is 11.1. The van der Waals surface area contributed by atoms with Crippen LogP contribution in [0.5, 0.6) is 11.5 Å². The molecule has 2 amide bonds. The Hall–Kier alpha value is -2.77. The molecule has 1 unspecified atom stereocenters. The molecule has 34 heavy (non-hydrogen) atoms. The first-order valence-corrected chi connectivity index (χ1v) is 12.2. The van der Waals surface area contributed by atoms with Gasteiger partial charge in [0.1, 0.15) is 0 Å². The fourth-order valence-electron chi connectivity index (χ4n) is 5.09. The minimum Gasteiger partial charge on any atom is -0.493 e. The minimum absolute atomic E-state index is 0.00926. The predicted molar refractivity (Wildman–Crippen MR) is 133 cm³/mol. The lowest BCUT2D eigenvalue weighted by atomic mass is 9.94. The number of nitrogens with zero attached hydrogens (tertiary/aromatic N) is 2. The first-order valence-electron chi connectivity index (χ1n) is 11.8. The minimum atomic E-state index is -0.229. The number of anilines is 1. The number of piperazine rings is 1. The Labute approximate surface area is 206 Å². The Morgan fingerprint density at radius 1 is 0.971 bits per heavy atom. The first-order chi connectivity index (χ1) is 16.5. The maximum Gasteiger partial charge on any atom is 0.255 e. The van der Waals surface area contributed by atoms with Gasteiger partial charge in [-0.15, -0.1) is 0 Å². The quantitative estimate of drug-likeness (QED) is 0.632. The lowest BCUT2D eigenvalue weighted by Gasteiger charge is -2.40. The van der Waals surface area contributed by atoms with Gasteiger partial charge in [-0.05, 0) is 43.0 Å². The summed E-state index contributed by atoms with van der Waals surface area (Å²) in [5, 5.41) is 3.56. The summed E-state index contributed by atoms with van der Waals surface area (Å²) in [6.07, 6.45) is 4.39. The number of amides is 2. The number of nitrogens with one attached hydrogen (secondary N) is 1. The molecule has 4 rings (SSSR count). The smallest absolute Gasteiger partial charge is 0.255 e. The summed E-state index contributed by atoms with van der Waals surface area (Å²) in [4.78, 5) is 30.5. The zero-order valence-electron chi connectivity index (χ0n) is 19.8. The van der Waals surface area contributed by atoms with Crippen molar-refractivity contribution >= 4 is 29.1 Å². The number of carbonyl (C=O) groups is 2. The number of halogens is 1. The third-order valence-corrected chi connectivity index (χ3v) is 7.19. The van der Waals surface area contributed by atoms with Gasteiger partial charge in [-0.2, -0.15) is 0 Å². The Balaban J connectivity index is 1.45. The van der Waals surface area contributed by atoms with Crippen molar-refractivity contribution < 1.29 is 19.1 Å². The highest BCUT2D eigenvalue weighted by Crippen LogP contribution is 2.33. The van der Waals surface area contributed by atoms with E-state index < -0.39 is 0 Å². The van der Waals surface area contributed by atoms with Crippen LogP contribution in [0.25, 0.3) is 0 Å². The van der Waals surface area contributed by atoms with E-state index in [1.54, 1.807) is 38.5 Å². The normalized spacial score (nSPS) is 17.9. The van der Waals surface area contributed by atoms with Crippen LogP contribution in [0.2, 0.25) is 5.02 Å². The van der Waals surface area contributed by atoms with E-state index in [0.717, 1.165) is 25.7 Å². The molecule has 2 aliphatic rings. The molecule has 0 bridgehead atoms. The molecule has 1 aliphatic heterocycles. The maximum absolute atomic E-state index is 13.5. The number of ether oxygens (including phenoxy) is 2. The largest absolute Gasteiger partial charge is 0.493 e. The van der Waals surface area contributed by atoms with E-state index in [1.807, 2.05) is 23.1 Å². The van der Waals surface area contributed by atoms with Gasteiger partial charge in [-0.25, -0.2) is 0 Å². The second-order valence-corrected chi connectivity index (χ2v) is 9.26. The lowest BCUT2D eigenvalue weighted by molar-refractivity contribution is -0.123. The van der Waals surface area contributed by atoms with E-state index in [1.165, 1.54) is 0 Å². The molecule has 0 radical (unpaired) electrons. The van der Waals surface area contributed by atoms with Crippen molar-refractivity contribution in [1.29, 1.82) is 0 Å². The molecule has 1 aliphatic carbocycles. The SMILES string of the molecule is COc1ccc(NC(=O)C(C2CCCC2)N2CCN(C(=O)c3ccccc3Cl)CC2)cc1OC. The van der Waals surface area contributed by atoms with Crippen LogP contribution < -0.4 is 14.8 Å². The van der Waals surface area contributed by atoms with Crippen molar-refractivity contribution in [1.82, 2.24) is 9.80 Å². The molecule has 1 saturated heterocycles. The van der Waals surface area contributed by atoms with Crippen LogP contribution >= 0.6 is 11.6 Å². The topological polar surface area (TPSA) is 71.1 Å². The van der Waals surface area contributed by atoms with E-state index in [2.05, 4.69) is 10.2 Å². The Morgan fingerprint density at radius 2 is 1.65 bits per heavy atom. The van der Waals surface area contributed by atoms with E-state index in [0.29, 0.717) is 59.9 Å². The molecule has 7 nitrogen and oxygen atoms in total. The van der Waals surface area contributed by atoms with Gasteiger partial charge in [0, 0.05) is 37.9 Å². The summed E-state index contributed by atoms with van der Waals surface area (Å²) in [5.41, 5.74) is 1.20. The third-order valence-electron chi connectivity index (χ3n) is 6.87. The molecule has 2 aromatic carbocycles. The van der Waals surface area contributed by atoms with Gasteiger partial charge in [-0.3, -0.25) is 14.5 Å². The number of methoxy groups -OCH3 is 2. The van der Waals surface area contributed by atoms with Crippen LogP contribution in [-0.2, 0) is 4.79 Å². The summed E-state index contributed by atoms with van der Waals surface area (Å²) < 4.78 is 10.7. The maximum atomic E-state index is 13.5. The number of hydrogen-bond acceptors (Lipinski definition) is 5. The van der Waals surface area contributed by atoms with Gasteiger partial charge in [0.2, 0.25) is 5.91 Å². The zero-order valence-corrected chi connectivity index (χ0v) is 20.5. The van der Waals surface area contributed by atoms with Crippen LogP contribution in [0.1, 0.15) is 36.0 Å². The van der Waals surface area contributed by atoms with E-state index in [-0.39, 0.29) is 17.9 Å². The highest BCUT2D eigenvalue weighted by Gasteiger charge is 2.37. The molecule has 2 aromatic rings. The number of hydrogen-bond donors (Lipinski definition) is 1. The molecule has 182 valence electrons. The van der Waals surface area contributed by atoms with Gasteiger partial charge in [0.25, 0.3) is 5.91 Å². The molecular weight excluding hydrogens is 454 g/mol. The molecule has 0 aromatic heterocycles. The Kier molecular flexibility index (Phi) is 7.95. The molecule has 0 spiro atoms. The van der Waals surface area contributed by atoms with Crippen LogP contribution in [0.15, 0.2) is 42.5 Å². The van der Waals surface area contributed by atoms with Crippen LogP contribution in [0, 0.1) is 5.92 Å². The summed E-state index contributed by atoms with van der Waals surface area (Å²) >= 11 is 6.24. The molecule has 2 fully saturated rings. The number of rotatable bonds is 7. The molecule has 1 N–H and O–H groups in total. The van der Waals surface area contributed by atoms with E-state index >= 15 is 0 Å². The average Bonchev–Trinajstić information content (AvgIpc) is 3.38. The van der Waals surface area contributed by atoms with Gasteiger partial charge in [0.05, 0.1) is 30.8 Å². The van der Waals surface area contributed by atoms with Gasteiger partial charge in [0.15, 0.2) is 11.5 Å². The lowest BCUT2D eigenvalue weighted by Crippen LogP contribution is -2.57. The standard InChI is InChI=1S/C26H32ClN3O4/c1-33-22-12-11-19(17-23(22)34-2)28-25(31)24(18-7-3-4-8-18)29-13-15-30(16-14-29)26(32)20-9-5-6-10-21(20)27/h5-6,9-12,17-18,24H,3-4,7-8,13-16H2,1-2H3,(H,28,31). The summed E-state index contributed by atoms with van der Waals surface area (Å²) in [7, 11) is 3.16. The third kappa shape index (κ3) is 5.31. The van der Waals surface area contributed by atoms with Crippen molar-refractivity contribution in [3.63, 3.8) is 0 Å². The fourth-order valence-corrected chi connectivity index (χ4v) is 5.31. The van der Waals surface area contributed by atoms with Crippen LogP contribution in [-0.4, -0.2) is 68.1 Å². The van der Waals surface area contributed by atoms with Crippen LogP contribution in [0.4, 0.5) is 5.69 Å². The summed E-state index contributed by atoms with van der Waals surface area (Å²) in [6.45, 7) is 2.43. The van der Waals surface area contributed by atoms with Crippen LogP contribution in [0.3, 0.4) is 0 Å². The predicted octanol–water partition coefficient (Wildman–Crippen LogP) is 4.31. The van der Waals surface area contributed by atoms with E-state index in [4.69, 9.17) is 21.1 Å². The van der Waals surface area contributed by atoms with Gasteiger partial charge >= 0.3 is 0 Å². The molecule has 1 heterocycles. The summed E-state index contributed by atoms with van der Waals surface area (Å²) in [6, 6.07) is 12.3. The molecular formula is C26H32ClN3O4. The highest BCUT2D eigenvalue weighted by atomic mass is 35.5. The Morgan fingerprint density at radius 3 is 2.29 bits per heavy atom. The van der Waals surface area contributed by atoms with Crippen molar-refractivity contribution in [2.45, 2.75) is 31.7 Å². The highest BCUT2D eigenvalue weighted by molar-refractivity contribution is 6.33. The van der Waals surface area contributed by atoms with Crippen molar-refractivity contribution in [3.05, 3.63) is 53.1 Å². The average molecular weight is 486 g/mol. The fraction of sp³-hybridized carbons (Fsp3) is 0.462. The molecule has 1 saturated carbocycles. The monoisotopic (exact) mass is 485 g/mol. The zero-order chi connectivity index (χ0) is 24.1. The van der Waals surface area contributed by atoms with Crippen molar-refractivity contribution in [3.8, 4) is 11.5 Å². The van der Waals surface area contributed by atoms with Crippen molar-refractivity contribution in [2.24, 2.45) is 5.92 Å². The number of carbonyl (C=O) groups excluding carboxylic acids is 2. The summed E-state index contributed by atoms with van der Waals surface area (Å²) in [5.74, 6) is 1.44. The van der Waals surface area contributed by atoms with Crippen molar-refractivity contribution in [2.75, 3.05) is 45.7 Å². The number of benzene rings is 2. The van der Waals surface area contributed by atoms with Gasteiger partial charge < -0.3 is 19.7 Å². The second-order valence-electron chi connectivity index (χ2n) is 8.86. The van der Waals surface area contributed by atoms with Gasteiger partial charge in [-0.1, -0.05) is 36.6 Å². The first kappa shape index (κ1) is 24.4. The Bertz CT molecular complexity index is 1020. The molecule has 1 atom stereocenters. The van der Waals surface area contributed by atoms with E-state index in [9.17, 15) is 9.59 Å².